The zero-order valence-corrected chi connectivity index (χ0v) is 36.2. The van der Waals surface area contributed by atoms with Gasteiger partial charge in [0.25, 0.3) is 0 Å². The molecule has 10 aromatic carbocycles. The number of para-hydroxylation sites is 3. The van der Waals surface area contributed by atoms with Crippen LogP contribution in [0.2, 0.25) is 0 Å². The Morgan fingerprint density at radius 3 is 1.41 bits per heavy atom. The molecule has 0 saturated carbocycles. The molecule has 300 valence electrons. The number of aromatic nitrogens is 2. The minimum absolute atomic E-state index is 0.984. The molecule has 0 aliphatic heterocycles. The molecule has 0 atom stereocenters. The van der Waals surface area contributed by atoms with Crippen LogP contribution in [0, 0.1) is 0 Å². The average Bonchev–Trinajstić information content (AvgIpc) is 4.02. The van der Waals surface area contributed by atoms with Crippen molar-refractivity contribution in [2.45, 2.75) is 6.42 Å². The quantitative estimate of drug-likeness (QED) is 0.112. The van der Waals surface area contributed by atoms with Crippen LogP contribution in [0.15, 0.2) is 243 Å². The summed E-state index contributed by atoms with van der Waals surface area (Å²) in [7, 11) is -2.82. The van der Waals surface area contributed by atoms with Gasteiger partial charge >= 0.3 is 0 Å². The van der Waals surface area contributed by atoms with Gasteiger partial charge in [0.15, 0.2) is 8.07 Å². The Morgan fingerprint density at radius 1 is 0.281 bits per heavy atom. The summed E-state index contributed by atoms with van der Waals surface area (Å²) in [5.74, 6) is 0. The summed E-state index contributed by atoms with van der Waals surface area (Å²) < 4.78 is 4.86. The van der Waals surface area contributed by atoms with E-state index < -0.39 is 8.07 Å². The minimum Gasteiger partial charge on any atom is -0.309 e. The third-order valence-electron chi connectivity index (χ3n) is 13.9. The Balaban J connectivity index is 0.963. The highest BCUT2D eigenvalue weighted by Gasteiger charge is 2.41. The lowest BCUT2D eigenvalue weighted by Gasteiger charge is -2.34. The Kier molecular flexibility index (Phi) is 8.34. The van der Waals surface area contributed by atoms with Gasteiger partial charge in [-0.1, -0.05) is 182 Å². The first-order chi connectivity index (χ1) is 31.7. The molecule has 0 radical (unpaired) electrons. The zero-order chi connectivity index (χ0) is 42.2. The number of rotatable bonds is 7. The van der Waals surface area contributed by atoms with E-state index in [4.69, 9.17) is 0 Å². The van der Waals surface area contributed by atoms with Gasteiger partial charge in [0, 0.05) is 32.9 Å². The van der Waals surface area contributed by atoms with Crippen LogP contribution in [0.4, 0.5) is 0 Å². The smallest absolute Gasteiger partial charge is 0.179 e. The van der Waals surface area contributed by atoms with Crippen LogP contribution >= 0.6 is 0 Å². The maximum atomic E-state index is 2.48. The van der Waals surface area contributed by atoms with Crippen molar-refractivity contribution in [1.29, 1.82) is 0 Å². The lowest BCUT2D eigenvalue weighted by molar-refractivity contribution is 1.18. The minimum atomic E-state index is -2.82. The molecule has 64 heavy (non-hydrogen) atoms. The van der Waals surface area contributed by atoms with E-state index in [1.807, 2.05) is 0 Å². The van der Waals surface area contributed by atoms with Crippen molar-refractivity contribution < 1.29 is 0 Å². The fourth-order valence-corrected chi connectivity index (χ4v) is 15.8. The van der Waals surface area contributed by atoms with Gasteiger partial charge in [0.1, 0.15) is 0 Å². The van der Waals surface area contributed by atoms with E-state index in [9.17, 15) is 0 Å². The summed E-state index contributed by atoms with van der Waals surface area (Å²) in [5, 5.41) is 10.6. The van der Waals surface area contributed by atoms with Crippen molar-refractivity contribution in [2.24, 2.45) is 0 Å². The highest BCUT2D eigenvalue weighted by molar-refractivity contribution is 7.19. The molecular weight excluding hydrogens is 789 g/mol. The van der Waals surface area contributed by atoms with Crippen molar-refractivity contribution in [1.82, 2.24) is 9.13 Å². The van der Waals surface area contributed by atoms with E-state index in [2.05, 4.69) is 252 Å². The van der Waals surface area contributed by atoms with Gasteiger partial charge in [0.05, 0.1) is 22.1 Å². The predicted octanol–water partition coefficient (Wildman–Crippen LogP) is 12.5. The molecule has 1 aliphatic rings. The summed E-state index contributed by atoms with van der Waals surface area (Å²) in [4.78, 5) is 0. The Hall–Kier alpha value is -7.98. The van der Waals surface area contributed by atoms with Crippen molar-refractivity contribution in [3.8, 4) is 33.6 Å². The first-order valence-electron chi connectivity index (χ1n) is 22.3. The van der Waals surface area contributed by atoms with Crippen LogP contribution in [0.5, 0.6) is 0 Å². The molecule has 2 heterocycles. The molecular formula is C61H42N2Si. The summed E-state index contributed by atoms with van der Waals surface area (Å²) in [6, 6.07) is 90.7. The molecule has 0 saturated heterocycles. The van der Waals surface area contributed by atoms with Gasteiger partial charge in [-0.25, -0.2) is 0 Å². The Morgan fingerprint density at radius 2 is 0.750 bits per heavy atom. The average molecular weight is 831 g/mol. The molecule has 2 nitrogen and oxygen atoms in total. The topological polar surface area (TPSA) is 9.86 Å². The number of hydrogen-bond donors (Lipinski definition) is 0. The van der Waals surface area contributed by atoms with Crippen molar-refractivity contribution in [2.75, 3.05) is 0 Å². The molecule has 0 spiro atoms. The molecule has 12 aromatic rings. The summed E-state index contributed by atoms with van der Waals surface area (Å²) in [6.45, 7) is 0. The Bertz CT molecular complexity index is 3680. The molecule has 0 bridgehead atoms. The van der Waals surface area contributed by atoms with Crippen molar-refractivity contribution >= 4 is 72.4 Å². The monoisotopic (exact) mass is 830 g/mol. The van der Waals surface area contributed by atoms with E-state index >= 15 is 0 Å². The van der Waals surface area contributed by atoms with Crippen LogP contribution in [0.3, 0.4) is 0 Å². The zero-order valence-electron chi connectivity index (χ0n) is 35.2. The third kappa shape index (κ3) is 5.51. The van der Waals surface area contributed by atoms with Gasteiger partial charge < -0.3 is 9.13 Å². The lowest BCUT2D eigenvalue weighted by atomic mass is 10.0. The van der Waals surface area contributed by atoms with Gasteiger partial charge in [-0.15, -0.1) is 0 Å². The van der Waals surface area contributed by atoms with E-state index in [-0.39, 0.29) is 0 Å². The number of nitrogens with zero attached hydrogens (tertiary/aromatic N) is 2. The van der Waals surface area contributed by atoms with Gasteiger partial charge in [-0.05, 0) is 121 Å². The molecule has 0 fully saturated rings. The van der Waals surface area contributed by atoms with Gasteiger partial charge in [-0.2, -0.15) is 0 Å². The first-order valence-corrected chi connectivity index (χ1v) is 24.3. The van der Waals surface area contributed by atoms with Gasteiger partial charge in [0.2, 0.25) is 0 Å². The number of fused-ring (bicyclic) bond motifs is 9. The van der Waals surface area contributed by atoms with Crippen LogP contribution < -0.4 is 20.7 Å². The van der Waals surface area contributed by atoms with Crippen molar-refractivity contribution in [3.05, 3.63) is 254 Å². The molecule has 0 unspecified atom stereocenters. The third-order valence-corrected chi connectivity index (χ3v) is 18.7. The summed E-state index contributed by atoms with van der Waals surface area (Å²) in [5.41, 5.74) is 15.2. The summed E-state index contributed by atoms with van der Waals surface area (Å²) in [6.07, 6.45) is 0.984. The molecule has 2 aromatic heterocycles. The lowest BCUT2D eigenvalue weighted by Crippen LogP contribution is -2.74. The highest BCUT2D eigenvalue weighted by atomic mass is 28.3. The molecule has 13 rings (SSSR count). The second kappa shape index (κ2) is 14.6. The fraction of sp³-hybridized carbons (Fsp3) is 0.0164. The van der Waals surface area contributed by atoms with E-state index in [1.165, 1.54) is 109 Å². The largest absolute Gasteiger partial charge is 0.309 e. The van der Waals surface area contributed by atoms with Crippen LogP contribution in [0.1, 0.15) is 11.1 Å². The number of hydrogen-bond acceptors (Lipinski definition) is 0. The molecule has 0 amide bonds. The second-order valence-electron chi connectivity index (χ2n) is 17.2. The second-order valence-corrected chi connectivity index (χ2v) is 21.0. The number of benzene rings is 10. The highest BCUT2D eigenvalue weighted by Crippen LogP contribution is 2.42. The van der Waals surface area contributed by atoms with E-state index in [0.717, 1.165) is 6.42 Å². The SMILES string of the molecule is c1ccc(-n2c3ccccc3c3cc(-c4ccc([Si](c5ccccc5)(c5ccccc5)c5ccc(-n6c7ccccc7c7cc8c(cc76)-c6ccccc6C8)cc5)cc4)ccc32)cc1. The normalized spacial score (nSPS) is 12.3. The van der Waals surface area contributed by atoms with Crippen LogP contribution in [0.25, 0.3) is 77.2 Å². The maximum Gasteiger partial charge on any atom is 0.179 e. The summed E-state index contributed by atoms with van der Waals surface area (Å²) >= 11 is 0. The van der Waals surface area contributed by atoms with Crippen LogP contribution in [-0.2, 0) is 6.42 Å². The standard InChI is InChI=1S/C61H42N2Si/c1-4-17-46(18-5-1)62-58-26-14-12-24-53(58)56-39-43(30-37-60(56)62)42-28-33-50(34-29-42)64(48-19-6-2-7-20-48,49-21-8-3-9-22-49)51-35-31-47(32-36-51)63-59-27-15-13-25-54(59)57-40-45-38-44-16-10-11-23-52(44)55(45)41-61(57)63/h1-37,39-41H,38H2. The molecule has 0 N–H and O–H groups in total. The molecule has 3 heteroatoms. The fourth-order valence-electron chi connectivity index (χ4n) is 11.0. The van der Waals surface area contributed by atoms with Crippen LogP contribution in [-0.4, -0.2) is 17.2 Å². The van der Waals surface area contributed by atoms with Crippen molar-refractivity contribution in [3.63, 3.8) is 0 Å². The van der Waals surface area contributed by atoms with Gasteiger partial charge in [-0.3, -0.25) is 0 Å². The van der Waals surface area contributed by atoms with E-state index in [0.29, 0.717) is 0 Å². The predicted molar refractivity (Wildman–Crippen MR) is 272 cm³/mol. The Labute approximate surface area is 373 Å². The molecule has 1 aliphatic carbocycles. The maximum absolute atomic E-state index is 2.82. The van der Waals surface area contributed by atoms with E-state index in [1.54, 1.807) is 0 Å². The first kappa shape index (κ1) is 36.7.